The zero-order chi connectivity index (χ0) is 22.6. The first-order valence-electron chi connectivity index (χ1n) is 10.0. The molecule has 168 valence electrons. The second kappa shape index (κ2) is 9.57. The van der Waals surface area contributed by atoms with Crippen LogP contribution in [0.2, 0.25) is 0 Å². The van der Waals surface area contributed by atoms with Crippen LogP contribution in [0.4, 0.5) is 0 Å². The molecular weight excluding hydrogens is 416 g/mol. The number of rotatable bonds is 6. The van der Waals surface area contributed by atoms with Crippen molar-refractivity contribution < 1.29 is 17.9 Å². The second-order valence-electron chi connectivity index (χ2n) is 7.44. The summed E-state index contributed by atoms with van der Waals surface area (Å²) in [6, 6.07) is 11.1. The highest BCUT2D eigenvalue weighted by molar-refractivity contribution is 7.89. The van der Waals surface area contributed by atoms with Crippen molar-refractivity contribution in [3.63, 3.8) is 0 Å². The van der Waals surface area contributed by atoms with E-state index in [1.165, 1.54) is 24.0 Å². The van der Waals surface area contributed by atoms with Gasteiger partial charge in [-0.2, -0.15) is 0 Å². The Morgan fingerprint density at radius 2 is 1.77 bits per heavy atom. The first kappa shape index (κ1) is 22.9. The lowest BCUT2D eigenvalue weighted by molar-refractivity contribution is 0.346. The molecule has 0 amide bonds. The minimum absolute atomic E-state index is 0.295. The molecule has 1 aliphatic rings. The van der Waals surface area contributed by atoms with E-state index in [4.69, 9.17) is 9.47 Å². The van der Waals surface area contributed by atoms with E-state index in [-0.39, 0.29) is 0 Å². The molecule has 0 unspecified atom stereocenters. The van der Waals surface area contributed by atoms with Crippen LogP contribution in [0.15, 0.2) is 46.3 Å². The highest BCUT2D eigenvalue weighted by Crippen LogP contribution is 2.33. The van der Waals surface area contributed by atoms with E-state index in [0.29, 0.717) is 29.3 Å². The van der Waals surface area contributed by atoms with Crippen LogP contribution in [-0.4, -0.2) is 65.5 Å². The van der Waals surface area contributed by atoms with Crippen LogP contribution >= 0.6 is 0 Å². The molecule has 2 aromatic carbocycles. The number of sulfonamides is 1. The van der Waals surface area contributed by atoms with E-state index in [9.17, 15) is 8.42 Å². The lowest BCUT2D eigenvalue weighted by atomic mass is 9.99. The number of methoxy groups -OCH3 is 2. The fraction of sp³-hybridized carbons (Fsp3) is 0.409. The maximum atomic E-state index is 12.7. The number of benzene rings is 2. The van der Waals surface area contributed by atoms with Gasteiger partial charge in [0.25, 0.3) is 0 Å². The van der Waals surface area contributed by atoms with Crippen molar-refractivity contribution in [3.05, 3.63) is 53.1 Å². The van der Waals surface area contributed by atoms with Crippen molar-refractivity contribution >= 4 is 16.0 Å². The van der Waals surface area contributed by atoms with Crippen LogP contribution in [0.5, 0.6) is 11.5 Å². The first-order valence-corrected chi connectivity index (χ1v) is 11.5. The zero-order valence-corrected chi connectivity index (χ0v) is 19.5. The molecule has 2 aromatic rings. The third kappa shape index (κ3) is 4.77. The minimum Gasteiger partial charge on any atom is -0.493 e. The summed E-state index contributed by atoms with van der Waals surface area (Å²) in [6.07, 6.45) is 0.849. The van der Waals surface area contributed by atoms with E-state index >= 15 is 0 Å². The van der Waals surface area contributed by atoms with Crippen LogP contribution in [0, 0.1) is 0 Å². The number of hydrogen-bond donors (Lipinski definition) is 1. The van der Waals surface area contributed by atoms with Crippen molar-refractivity contribution in [1.82, 2.24) is 14.5 Å². The molecule has 0 bridgehead atoms. The smallest absolute Gasteiger partial charge is 0.242 e. The van der Waals surface area contributed by atoms with Crippen molar-refractivity contribution in [2.75, 3.05) is 41.9 Å². The van der Waals surface area contributed by atoms with Crippen molar-refractivity contribution in [2.24, 2.45) is 4.99 Å². The third-order valence-corrected chi connectivity index (χ3v) is 7.31. The average molecular weight is 447 g/mol. The van der Waals surface area contributed by atoms with Gasteiger partial charge in [-0.25, -0.2) is 12.7 Å². The monoisotopic (exact) mass is 446 g/mol. The number of ether oxygens (including phenoxy) is 2. The standard InChI is InChI=1S/C22H30N4O4S/c1-23-22(24-14-17-8-6-7-9-21(17)31(27,28)25(2)3)26-11-10-16-12-19(29-4)20(30-5)13-18(16)15-26/h6-9,12-13H,10-11,14-15H2,1-5H3,(H,23,24). The zero-order valence-electron chi connectivity index (χ0n) is 18.7. The van der Waals surface area contributed by atoms with E-state index in [2.05, 4.69) is 15.2 Å². The highest BCUT2D eigenvalue weighted by atomic mass is 32.2. The van der Waals surface area contributed by atoms with E-state index in [1.54, 1.807) is 33.4 Å². The number of nitrogens with one attached hydrogen (secondary N) is 1. The maximum Gasteiger partial charge on any atom is 0.242 e. The Kier molecular flexibility index (Phi) is 7.07. The largest absolute Gasteiger partial charge is 0.493 e. The lowest BCUT2D eigenvalue weighted by Crippen LogP contribution is -2.43. The molecule has 1 aliphatic heterocycles. The predicted octanol–water partition coefficient (Wildman–Crippen LogP) is 2.09. The van der Waals surface area contributed by atoms with Crippen LogP contribution in [-0.2, 0) is 29.5 Å². The van der Waals surface area contributed by atoms with Gasteiger partial charge < -0.3 is 19.7 Å². The number of nitrogens with zero attached hydrogens (tertiary/aromatic N) is 3. The third-order valence-electron chi connectivity index (χ3n) is 5.40. The maximum absolute atomic E-state index is 12.7. The molecular formula is C22H30N4O4S. The van der Waals surface area contributed by atoms with Gasteiger partial charge in [0.2, 0.25) is 10.0 Å². The summed E-state index contributed by atoms with van der Waals surface area (Å²) in [5.41, 5.74) is 3.08. The minimum atomic E-state index is -3.53. The number of aliphatic imine (C=N–C) groups is 1. The summed E-state index contributed by atoms with van der Waals surface area (Å²) < 4.78 is 37.4. The van der Waals surface area contributed by atoms with E-state index < -0.39 is 10.0 Å². The molecule has 0 fully saturated rings. The van der Waals surface area contributed by atoms with Gasteiger partial charge in [-0.05, 0) is 41.3 Å². The summed E-state index contributed by atoms with van der Waals surface area (Å²) in [5, 5.41) is 3.33. The normalized spacial score (nSPS) is 14.4. The molecule has 31 heavy (non-hydrogen) atoms. The fourth-order valence-electron chi connectivity index (χ4n) is 3.67. The van der Waals surface area contributed by atoms with Gasteiger partial charge in [0.15, 0.2) is 17.5 Å². The van der Waals surface area contributed by atoms with Crippen molar-refractivity contribution in [1.29, 1.82) is 0 Å². The Morgan fingerprint density at radius 1 is 1.13 bits per heavy atom. The molecule has 0 spiro atoms. The summed E-state index contributed by atoms with van der Waals surface area (Å²) >= 11 is 0. The summed E-state index contributed by atoms with van der Waals surface area (Å²) in [4.78, 5) is 6.86. The van der Waals surface area contributed by atoms with E-state index in [0.717, 1.165) is 30.2 Å². The number of fused-ring (bicyclic) bond motifs is 1. The molecule has 0 aliphatic carbocycles. The van der Waals surface area contributed by atoms with Gasteiger partial charge in [0.1, 0.15) is 0 Å². The Balaban J connectivity index is 1.78. The average Bonchev–Trinajstić information content (AvgIpc) is 2.78. The van der Waals surface area contributed by atoms with Gasteiger partial charge in [-0.3, -0.25) is 4.99 Å². The van der Waals surface area contributed by atoms with Gasteiger partial charge >= 0.3 is 0 Å². The first-order chi connectivity index (χ1) is 14.8. The molecule has 8 nitrogen and oxygen atoms in total. The van der Waals surface area contributed by atoms with Gasteiger partial charge in [-0.1, -0.05) is 18.2 Å². The SMILES string of the molecule is CN=C(NCc1ccccc1S(=O)(=O)N(C)C)N1CCc2cc(OC)c(OC)cc2C1. The molecule has 0 saturated heterocycles. The Hall–Kier alpha value is -2.78. The lowest BCUT2D eigenvalue weighted by Gasteiger charge is -2.32. The molecule has 9 heteroatoms. The highest BCUT2D eigenvalue weighted by Gasteiger charge is 2.23. The van der Waals surface area contributed by atoms with Crippen LogP contribution in [0.3, 0.4) is 0 Å². The fourth-order valence-corrected chi connectivity index (χ4v) is 4.78. The van der Waals surface area contributed by atoms with Gasteiger partial charge in [0.05, 0.1) is 19.1 Å². The molecule has 0 aromatic heterocycles. The van der Waals surface area contributed by atoms with Crippen LogP contribution in [0.1, 0.15) is 16.7 Å². The van der Waals surface area contributed by atoms with Crippen molar-refractivity contribution in [3.8, 4) is 11.5 Å². The molecule has 1 heterocycles. The molecule has 0 radical (unpaired) electrons. The molecule has 3 rings (SSSR count). The summed E-state index contributed by atoms with van der Waals surface area (Å²) in [7, 11) is 4.54. The van der Waals surface area contributed by atoms with Crippen LogP contribution in [0.25, 0.3) is 0 Å². The van der Waals surface area contributed by atoms with Gasteiger partial charge in [0, 0.05) is 40.8 Å². The molecule has 0 saturated carbocycles. The topological polar surface area (TPSA) is 83.5 Å². The summed E-state index contributed by atoms with van der Waals surface area (Å²) in [6.45, 7) is 1.82. The van der Waals surface area contributed by atoms with Crippen molar-refractivity contribution in [2.45, 2.75) is 24.4 Å². The Bertz CT molecular complexity index is 1070. The van der Waals surface area contributed by atoms with Gasteiger partial charge in [-0.15, -0.1) is 0 Å². The Morgan fingerprint density at radius 3 is 2.39 bits per heavy atom. The molecule has 0 atom stereocenters. The molecule has 1 N–H and O–H groups in total. The van der Waals surface area contributed by atoms with Crippen LogP contribution < -0.4 is 14.8 Å². The Labute approximate surface area is 184 Å². The van der Waals surface area contributed by atoms with E-state index in [1.807, 2.05) is 24.3 Å². The second-order valence-corrected chi connectivity index (χ2v) is 9.56. The quantitative estimate of drug-likeness (QED) is 0.540. The number of guanidine groups is 1. The predicted molar refractivity (Wildman–Crippen MR) is 121 cm³/mol. The number of hydrogen-bond acceptors (Lipinski definition) is 5. The summed E-state index contributed by atoms with van der Waals surface area (Å²) in [5.74, 6) is 2.15.